The number of nitro groups is 1. The van der Waals surface area contributed by atoms with Gasteiger partial charge in [0.2, 0.25) is 0 Å². The van der Waals surface area contributed by atoms with Crippen molar-refractivity contribution in [1.29, 1.82) is 0 Å². The Morgan fingerprint density at radius 3 is 2.56 bits per heavy atom. The van der Waals surface area contributed by atoms with Crippen LogP contribution in [0.5, 0.6) is 0 Å². The monoisotopic (exact) mass is 220 g/mol. The summed E-state index contributed by atoms with van der Waals surface area (Å²) in [7, 11) is 0. The molecule has 0 bridgehead atoms. The molecule has 1 aliphatic rings. The number of nitrogens with one attached hydrogen (secondary N) is 1. The van der Waals surface area contributed by atoms with Gasteiger partial charge in [-0.3, -0.25) is 10.1 Å². The third-order valence-electron chi connectivity index (χ3n) is 3.07. The van der Waals surface area contributed by atoms with Crippen molar-refractivity contribution in [2.45, 2.75) is 38.1 Å². The van der Waals surface area contributed by atoms with Gasteiger partial charge >= 0.3 is 0 Å². The quantitative estimate of drug-likeness (QED) is 0.627. The average Bonchev–Trinajstić information content (AvgIpc) is 2.31. The number of anilines is 1. The van der Waals surface area contributed by atoms with Gasteiger partial charge in [-0.25, -0.2) is 0 Å². The molecule has 0 aliphatic heterocycles. The van der Waals surface area contributed by atoms with Gasteiger partial charge in [0.05, 0.1) is 4.92 Å². The minimum atomic E-state index is -0.328. The summed E-state index contributed by atoms with van der Waals surface area (Å²) >= 11 is 0. The lowest BCUT2D eigenvalue weighted by Gasteiger charge is -2.23. The molecule has 1 N–H and O–H groups in total. The first kappa shape index (κ1) is 10.9. The molecule has 4 nitrogen and oxygen atoms in total. The Morgan fingerprint density at radius 2 is 1.88 bits per heavy atom. The molecule has 2 rings (SSSR count). The molecule has 1 aromatic rings. The lowest BCUT2D eigenvalue weighted by molar-refractivity contribution is -0.384. The van der Waals surface area contributed by atoms with E-state index in [2.05, 4.69) is 5.32 Å². The first-order valence-electron chi connectivity index (χ1n) is 5.77. The normalized spacial score (nSPS) is 17.0. The second-order valence-electron chi connectivity index (χ2n) is 4.25. The van der Waals surface area contributed by atoms with Crippen LogP contribution in [-0.4, -0.2) is 11.0 Å². The smallest absolute Gasteiger partial charge is 0.292 e. The van der Waals surface area contributed by atoms with Crippen molar-refractivity contribution < 1.29 is 4.92 Å². The van der Waals surface area contributed by atoms with Crippen molar-refractivity contribution in [2.75, 3.05) is 5.32 Å². The standard InChI is InChI=1S/C12H16N2O2/c15-14(16)12-9-5-4-8-11(12)13-10-6-2-1-3-7-10/h4-5,8-10,13H,1-3,6-7H2. The molecule has 0 amide bonds. The Hall–Kier alpha value is -1.58. The van der Waals surface area contributed by atoms with Crippen molar-refractivity contribution in [3.63, 3.8) is 0 Å². The fraction of sp³-hybridized carbons (Fsp3) is 0.500. The van der Waals surface area contributed by atoms with E-state index in [1.54, 1.807) is 18.2 Å². The molecule has 0 heterocycles. The average molecular weight is 220 g/mol. The Labute approximate surface area is 94.8 Å². The lowest BCUT2D eigenvalue weighted by Crippen LogP contribution is -2.22. The molecule has 16 heavy (non-hydrogen) atoms. The van der Waals surface area contributed by atoms with Crippen LogP contribution in [0.15, 0.2) is 24.3 Å². The van der Waals surface area contributed by atoms with Crippen LogP contribution in [0, 0.1) is 10.1 Å². The summed E-state index contributed by atoms with van der Waals surface area (Å²) in [5.74, 6) is 0. The maximum absolute atomic E-state index is 10.8. The number of hydrogen-bond donors (Lipinski definition) is 1. The van der Waals surface area contributed by atoms with Crippen molar-refractivity contribution in [2.24, 2.45) is 0 Å². The molecular formula is C12H16N2O2. The van der Waals surface area contributed by atoms with Crippen LogP contribution in [-0.2, 0) is 0 Å². The highest BCUT2D eigenvalue weighted by atomic mass is 16.6. The molecule has 0 aromatic heterocycles. The zero-order chi connectivity index (χ0) is 11.4. The van der Waals surface area contributed by atoms with Gasteiger partial charge in [0.15, 0.2) is 0 Å². The summed E-state index contributed by atoms with van der Waals surface area (Å²) < 4.78 is 0. The summed E-state index contributed by atoms with van der Waals surface area (Å²) in [6, 6.07) is 7.26. The highest BCUT2D eigenvalue weighted by Gasteiger charge is 2.18. The number of rotatable bonds is 3. The number of hydrogen-bond acceptors (Lipinski definition) is 3. The van der Waals surface area contributed by atoms with Gasteiger partial charge in [0.25, 0.3) is 5.69 Å². The van der Waals surface area contributed by atoms with E-state index in [-0.39, 0.29) is 10.6 Å². The second-order valence-corrected chi connectivity index (χ2v) is 4.25. The Balaban J connectivity index is 2.10. The summed E-state index contributed by atoms with van der Waals surface area (Å²) in [6.45, 7) is 0. The van der Waals surface area contributed by atoms with Crippen LogP contribution in [0.4, 0.5) is 11.4 Å². The van der Waals surface area contributed by atoms with E-state index in [1.807, 2.05) is 6.07 Å². The maximum atomic E-state index is 10.8. The highest BCUT2D eigenvalue weighted by molar-refractivity contribution is 5.61. The molecule has 1 saturated carbocycles. The molecule has 0 unspecified atom stereocenters. The first-order valence-corrected chi connectivity index (χ1v) is 5.77. The predicted octanol–water partition coefficient (Wildman–Crippen LogP) is 3.34. The van der Waals surface area contributed by atoms with Gasteiger partial charge in [-0.15, -0.1) is 0 Å². The molecule has 86 valence electrons. The van der Waals surface area contributed by atoms with E-state index in [1.165, 1.54) is 19.3 Å². The molecule has 0 atom stereocenters. The summed E-state index contributed by atoms with van der Waals surface area (Å²) in [4.78, 5) is 10.5. The SMILES string of the molecule is O=[N+]([O-])c1ccccc1NC1CCCCC1. The van der Waals surface area contributed by atoms with E-state index in [9.17, 15) is 10.1 Å². The zero-order valence-electron chi connectivity index (χ0n) is 9.19. The van der Waals surface area contributed by atoms with Crippen LogP contribution in [0.3, 0.4) is 0 Å². The van der Waals surface area contributed by atoms with E-state index in [0.29, 0.717) is 11.7 Å². The maximum Gasteiger partial charge on any atom is 0.292 e. The summed E-state index contributed by atoms with van der Waals surface area (Å²) in [5, 5.41) is 14.1. The molecule has 1 aromatic carbocycles. The fourth-order valence-electron chi connectivity index (χ4n) is 2.22. The van der Waals surface area contributed by atoms with Gasteiger partial charge in [-0.05, 0) is 18.9 Å². The number of benzene rings is 1. The van der Waals surface area contributed by atoms with Gasteiger partial charge in [-0.2, -0.15) is 0 Å². The van der Waals surface area contributed by atoms with Gasteiger partial charge in [0.1, 0.15) is 5.69 Å². The van der Waals surface area contributed by atoms with Crippen molar-refractivity contribution in [3.05, 3.63) is 34.4 Å². The van der Waals surface area contributed by atoms with Crippen LogP contribution in [0.25, 0.3) is 0 Å². The van der Waals surface area contributed by atoms with E-state index < -0.39 is 0 Å². The van der Waals surface area contributed by atoms with Crippen LogP contribution in [0.1, 0.15) is 32.1 Å². The molecule has 4 heteroatoms. The molecule has 0 radical (unpaired) electrons. The zero-order valence-corrected chi connectivity index (χ0v) is 9.19. The van der Waals surface area contributed by atoms with E-state index in [0.717, 1.165) is 12.8 Å². The Kier molecular flexibility index (Phi) is 3.39. The highest BCUT2D eigenvalue weighted by Crippen LogP contribution is 2.27. The second kappa shape index (κ2) is 4.96. The topological polar surface area (TPSA) is 55.2 Å². The first-order chi connectivity index (χ1) is 7.77. The third kappa shape index (κ3) is 2.51. The van der Waals surface area contributed by atoms with Crippen LogP contribution in [0.2, 0.25) is 0 Å². The fourth-order valence-corrected chi connectivity index (χ4v) is 2.22. The van der Waals surface area contributed by atoms with Crippen molar-refractivity contribution >= 4 is 11.4 Å². The molecular weight excluding hydrogens is 204 g/mol. The van der Waals surface area contributed by atoms with Crippen molar-refractivity contribution in [3.8, 4) is 0 Å². The van der Waals surface area contributed by atoms with Crippen molar-refractivity contribution in [1.82, 2.24) is 0 Å². The van der Waals surface area contributed by atoms with Gasteiger partial charge in [0, 0.05) is 12.1 Å². The third-order valence-corrected chi connectivity index (χ3v) is 3.07. The molecule has 1 aliphatic carbocycles. The Bertz CT molecular complexity index is 373. The van der Waals surface area contributed by atoms with E-state index >= 15 is 0 Å². The van der Waals surface area contributed by atoms with E-state index in [4.69, 9.17) is 0 Å². The summed E-state index contributed by atoms with van der Waals surface area (Å²) in [6.07, 6.45) is 5.96. The lowest BCUT2D eigenvalue weighted by atomic mass is 9.95. The predicted molar refractivity (Wildman–Crippen MR) is 63.6 cm³/mol. The number of para-hydroxylation sites is 2. The van der Waals surface area contributed by atoms with Crippen LogP contribution >= 0.6 is 0 Å². The largest absolute Gasteiger partial charge is 0.377 e. The van der Waals surface area contributed by atoms with Gasteiger partial charge < -0.3 is 5.32 Å². The molecule has 0 spiro atoms. The Morgan fingerprint density at radius 1 is 1.19 bits per heavy atom. The molecule has 1 fully saturated rings. The van der Waals surface area contributed by atoms with Crippen LogP contribution < -0.4 is 5.32 Å². The summed E-state index contributed by atoms with van der Waals surface area (Å²) in [5.41, 5.74) is 0.826. The van der Waals surface area contributed by atoms with Gasteiger partial charge in [-0.1, -0.05) is 31.4 Å². The minimum Gasteiger partial charge on any atom is -0.377 e. The number of nitrogens with zero attached hydrogens (tertiary/aromatic N) is 1. The number of nitro benzene ring substituents is 1. The minimum absolute atomic E-state index is 0.174. The molecule has 0 saturated heterocycles.